The van der Waals surface area contributed by atoms with Gasteiger partial charge in [-0.2, -0.15) is 0 Å². The zero-order chi connectivity index (χ0) is 6.85. The average Bonchev–Trinajstić information content (AvgIpc) is 2.14. The van der Waals surface area contributed by atoms with E-state index in [1.165, 1.54) is 0 Å². The van der Waals surface area contributed by atoms with Crippen LogP contribution in [-0.2, 0) is 0 Å². The van der Waals surface area contributed by atoms with Crippen molar-refractivity contribution in [2.75, 3.05) is 13.1 Å². The summed E-state index contributed by atoms with van der Waals surface area (Å²) in [4.78, 5) is 1.98. The predicted molar refractivity (Wildman–Crippen MR) is 38.0 cm³/mol. The second-order valence-electron chi connectivity index (χ2n) is 2.68. The Morgan fingerprint density at radius 3 is 2.67 bits per heavy atom. The second-order valence-corrected chi connectivity index (χ2v) is 2.68. The SMILES string of the molecule is CB(O)N1CC[C@@H](N)C1. The van der Waals surface area contributed by atoms with Gasteiger partial charge in [0.1, 0.15) is 0 Å². The molecule has 1 heterocycles. The van der Waals surface area contributed by atoms with Crippen LogP contribution >= 0.6 is 0 Å². The van der Waals surface area contributed by atoms with Gasteiger partial charge in [-0.05, 0) is 19.8 Å². The lowest BCUT2D eigenvalue weighted by atomic mass is 9.86. The minimum absolute atomic E-state index is 0.277. The first-order valence-corrected chi connectivity index (χ1v) is 3.38. The zero-order valence-corrected chi connectivity index (χ0v) is 5.75. The summed E-state index contributed by atoms with van der Waals surface area (Å²) in [7, 11) is -0.321. The highest BCUT2D eigenvalue weighted by Gasteiger charge is 2.24. The van der Waals surface area contributed by atoms with Crippen LogP contribution in [0.5, 0.6) is 0 Å². The van der Waals surface area contributed by atoms with Gasteiger partial charge >= 0.3 is 7.05 Å². The van der Waals surface area contributed by atoms with E-state index in [1.54, 1.807) is 6.82 Å². The highest BCUT2D eigenvalue weighted by atomic mass is 16.2. The van der Waals surface area contributed by atoms with E-state index in [4.69, 9.17) is 10.8 Å². The second kappa shape index (κ2) is 2.69. The normalized spacial score (nSPS) is 29.0. The number of nitrogens with zero attached hydrogens (tertiary/aromatic N) is 1. The molecule has 52 valence electrons. The van der Waals surface area contributed by atoms with E-state index in [1.807, 2.05) is 4.81 Å². The van der Waals surface area contributed by atoms with Crippen molar-refractivity contribution in [3.63, 3.8) is 0 Å². The molecular weight excluding hydrogens is 115 g/mol. The maximum Gasteiger partial charge on any atom is 0.376 e. The van der Waals surface area contributed by atoms with Crippen LogP contribution in [0.3, 0.4) is 0 Å². The van der Waals surface area contributed by atoms with Gasteiger partial charge in [-0.25, -0.2) is 0 Å². The van der Waals surface area contributed by atoms with Crippen molar-refractivity contribution in [3.05, 3.63) is 0 Å². The average molecular weight is 128 g/mol. The molecule has 1 fully saturated rings. The third-order valence-electron chi connectivity index (χ3n) is 1.78. The molecule has 0 aromatic heterocycles. The largest absolute Gasteiger partial charge is 0.437 e. The molecule has 0 aromatic rings. The van der Waals surface area contributed by atoms with E-state index in [-0.39, 0.29) is 13.1 Å². The summed E-state index contributed by atoms with van der Waals surface area (Å²) in [5, 5.41) is 9.04. The molecule has 0 aromatic carbocycles. The summed E-state index contributed by atoms with van der Waals surface area (Å²) in [6.45, 7) is 3.56. The maximum atomic E-state index is 9.04. The lowest BCUT2D eigenvalue weighted by Crippen LogP contribution is -2.36. The van der Waals surface area contributed by atoms with Gasteiger partial charge in [-0.1, -0.05) is 0 Å². The number of hydrogen-bond acceptors (Lipinski definition) is 3. The molecule has 1 atom stereocenters. The molecule has 4 heteroatoms. The van der Waals surface area contributed by atoms with Gasteiger partial charge in [0.25, 0.3) is 0 Å². The van der Waals surface area contributed by atoms with Crippen LogP contribution < -0.4 is 5.73 Å². The van der Waals surface area contributed by atoms with Crippen molar-refractivity contribution in [1.29, 1.82) is 0 Å². The molecule has 1 aliphatic rings. The van der Waals surface area contributed by atoms with E-state index in [9.17, 15) is 0 Å². The fourth-order valence-electron chi connectivity index (χ4n) is 1.15. The highest BCUT2D eigenvalue weighted by Crippen LogP contribution is 2.06. The van der Waals surface area contributed by atoms with Crippen LogP contribution in [0.25, 0.3) is 0 Å². The van der Waals surface area contributed by atoms with Crippen molar-refractivity contribution >= 4 is 7.05 Å². The Hall–Kier alpha value is -0.0551. The number of rotatable bonds is 1. The lowest BCUT2D eigenvalue weighted by molar-refractivity contribution is 0.420. The Kier molecular flexibility index (Phi) is 2.11. The van der Waals surface area contributed by atoms with Gasteiger partial charge in [-0.3, -0.25) is 0 Å². The standard InChI is InChI=1S/C5H13BN2O/c1-6(9)8-3-2-5(7)4-8/h5,9H,2-4,7H2,1H3/t5-/m1/s1. The van der Waals surface area contributed by atoms with Crippen LogP contribution in [0.15, 0.2) is 0 Å². The quantitative estimate of drug-likeness (QED) is 0.451. The first-order valence-electron chi connectivity index (χ1n) is 3.38. The van der Waals surface area contributed by atoms with E-state index in [0.717, 1.165) is 19.5 Å². The van der Waals surface area contributed by atoms with Crippen molar-refractivity contribution in [2.45, 2.75) is 19.3 Å². The van der Waals surface area contributed by atoms with Crippen LogP contribution in [0.1, 0.15) is 6.42 Å². The minimum Gasteiger partial charge on any atom is -0.437 e. The summed E-state index contributed by atoms with van der Waals surface area (Å²) in [6, 6.07) is 0.277. The van der Waals surface area contributed by atoms with E-state index >= 15 is 0 Å². The topological polar surface area (TPSA) is 49.5 Å². The van der Waals surface area contributed by atoms with Crippen LogP contribution in [0.4, 0.5) is 0 Å². The molecule has 3 N–H and O–H groups in total. The van der Waals surface area contributed by atoms with Crippen molar-refractivity contribution < 1.29 is 5.02 Å². The monoisotopic (exact) mass is 128 g/mol. The molecule has 1 rings (SSSR count). The fraction of sp³-hybridized carbons (Fsp3) is 1.00. The Morgan fingerprint density at radius 2 is 2.44 bits per heavy atom. The van der Waals surface area contributed by atoms with Gasteiger partial charge in [0, 0.05) is 12.6 Å². The van der Waals surface area contributed by atoms with Crippen LogP contribution in [0, 0.1) is 0 Å². The minimum atomic E-state index is -0.321. The molecule has 0 amide bonds. The van der Waals surface area contributed by atoms with Crippen molar-refractivity contribution in [1.82, 2.24) is 4.81 Å². The first kappa shape index (κ1) is 7.06. The third kappa shape index (κ3) is 1.68. The number of hydrogen-bond donors (Lipinski definition) is 2. The van der Waals surface area contributed by atoms with E-state index < -0.39 is 0 Å². The van der Waals surface area contributed by atoms with Gasteiger partial charge in [0.2, 0.25) is 0 Å². The maximum absolute atomic E-state index is 9.04. The summed E-state index contributed by atoms with van der Waals surface area (Å²) >= 11 is 0. The summed E-state index contributed by atoms with van der Waals surface area (Å²) < 4.78 is 0. The molecule has 9 heavy (non-hydrogen) atoms. The molecule has 0 aliphatic carbocycles. The van der Waals surface area contributed by atoms with Crippen molar-refractivity contribution in [3.8, 4) is 0 Å². The third-order valence-corrected chi connectivity index (χ3v) is 1.78. The van der Waals surface area contributed by atoms with Crippen LogP contribution in [-0.4, -0.2) is 36.0 Å². The number of nitrogens with two attached hydrogens (primary N) is 1. The van der Waals surface area contributed by atoms with Gasteiger partial charge in [0.05, 0.1) is 0 Å². The summed E-state index contributed by atoms with van der Waals surface area (Å²) in [5.74, 6) is 0. The smallest absolute Gasteiger partial charge is 0.376 e. The van der Waals surface area contributed by atoms with Crippen LogP contribution in [0.2, 0.25) is 6.82 Å². The molecule has 0 bridgehead atoms. The van der Waals surface area contributed by atoms with E-state index in [2.05, 4.69) is 0 Å². The highest BCUT2D eigenvalue weighted by molar-refractivity contribution is 6.45. The van der Waals surface area contributed by atoms with Gasteiger partial charge < -0.3 is 15.6 Å². The molecule has 3 nitrogen and oxygen atoms in total. The zero-order valence-electron chi connectivity index (χ0n) is 5.75. The summed E-state index contributed by atoms with van der Waals surface area (Å²) in [6.07, 6.45) is 1.02. The van der Waals surface area contributed by atoms with Gasteiger partial charge in [0.15, 0.2) is 0 Å². The molecule has 1 saturated heterocycles. The molecule has 0 spiro atoms. The molecule has 0 unspecified atom stereocenters. The molecular formula is C5H13BN2O. The predicted octanol–water partition coefficient (Wildman–Crippen LogP) is -0.870. The fourth-order valence-corrected chi connectivity index (χ4v) is 1.15. The molecule has 0 saturated carbocycles. The first-order chi connectivity index (χ1) is 4.20. The van der Waals surface area contributed by atoms with Gasteiger partial charge in [-0.15, -0.1) is 0 Å². The molecule has 0 radical (unpaired) electrons. The molecule has 1 aliphatic heterocycles. The summed E-state index contributed by atoms with van der Waals surface area (Å²) in [5.41, 5.74) is 5.61. The lowest BCUT2D eigenvalue weighted by Gasteiger charge is -2.14. The Labute approximate surface area is 56.0 Å². The van der Waals surface area contributed by atoms with Crippen molar-refractivity contribution in [2.24, 2.45) is 5.73 Å². The Balaban J connectivity index is 2.30. The Bertz CT molecular complexity index is 99.0. The Morgan fingerprint density at radius 1 is 1.78 bits per heavy atom. The van der Waals surface area contributed by atoms with E-state index in [0.29, 0.717) is 0 Å².